The second-order valence-electron chi connectivity index (χ2n) is 3.67. The smallest absolute Gasteiger partial charge is 0.179 e. The fraction of sp³-hybridized carbons (Fsp3) is 0.333. The van der Waals surface area contributed by atoms with Crippen LogP contribution in [-0.2, 0) is 9.47 Å². The van der Waals surface area contributed by atoms with Gasteiger partial charge in [-0.15, -0.1) is 0 Å². The second-order valence-corrected chi connectivity index (χ2v) is 3.67. The first-order valence-electron chi connectivity index (χ1n) is 5.16. The maximum Gasteiger partial charge on any atom is 0.179 e. The van der Waals surface area contributed by atoms with E-state index >= 15 is 0 Å². The SMILES string of the molecule is COC(OC)C(N)c1cc2cccc(F)c2o1. The zero-order chi connectivity index (χ0) is 12.4. The molecule has 17 heavy (non-hydrogen) atoms. The van der Waals surface area contributed by atoms with Gasteiger partial charge >= 0.3 is 0 Å². The lowest BCUT2D eigenvalue weighted by Gasteiger charge is -2.18. The van der Waals surface area contributed by atoms with E-state index in [1.54, 1.807) is 18.2 Å². The summed E-state index contributed by atoms with van der Waals surface area (Å²) in [6.45, 7) is 0. The van der Waals surface area contributed by atoms with Crippen molar-refractivity contribution < 1.29 is 18.3 Å². The van der Waals surface area contributed by atoms with E-state index in [2.05, 4.69) is 0 Å². The molecule has 0 aliphatic heterocycles. The van der Waals surface area contributed by atoms with Crippen molar-refractivity contribution >= 4 is 11.0 Å². The van der Waals surface area contributed by atoms with Gasteiger partial charge in [0.05, 0.1) is 0 Å². The predicted octanol–water partition coefficient (Wildman–Crippen LogP) is 2.19. The van der Waals surface area contributed by atoms with Gasteiger partial charge < -0.3 is 19.6 Å². The van der Waals surface area contributed by atoms with Crippen molar-refractivity contribution in [3.63, 3.8) is 0 Å². The monoisotopic (exact) mass is 239 g/mol. The largest absolute Gasteiger partial charge is 0.456 e. The molecule has 0 aliphatic carbocycles. The van der Waals surface area contributed by atoms with Crippen LogP contribution in [0.4, 0.5) is 4.39 Å². The Kier molecular flexibility index (Phi) is 3.42. The predicted molar refractivity (Wildman–Crippen MR) is 60.9 cm³/mol. The van der Waals surface area contributed by atoms with Crippen molar-refractivity contribution in [1.29, 1.82) is 0 Å². The molecule has 1 aromatic heterocycles. The molecule has 0 spiro atoms. The van der Waals surface area contributed by atoms with Gasteiger partial charge in [-0.3, -0.25) is 0 Å². The molecule has 0 amide bonds. The maximum absolute atomic E-state index is 13.4. The van der Waals surface area contributed by atoms with Crippen LogP contribution in [0.2, 0.25) is 0 Å². The standard InChI is InChI=1S/C12H14FNO3/c1-15-12(16-2)10(14)9-6-7-4-3-5-8(13)11(7)17-9/h3-6,10,12H,14H2,1-2H3. The van der Waals surface area contributed by atoms with Gasteiger partial charge in [0.25, 0.3) is 0 Å². The number of nitrogens with two attached hydrogens (primary N) is 1. The summed E-state index contributed by atoms with van der Waals surface area (Å²) >= 11 is 0. The Bertz CT molecular complexity index is 507. The molecule has 2 N–H and O–H groups in total. The number of furan rings is 1. The molecule has 0 radical (unpaired) electrons. The van der Waals surface area contributed by atoms with E-state index < -0.39 is 18.1 Å². The summed E-state index contributed by atoms with van der Waals surface area (Å²) in [6, 6.07) is 5.80. The number of para-hydroxylation sites is 1. The fourth-order valence-corrected chi connectivity index (χ4v) is 1.74. The summed E-state index contributed by atoms with van der Waals surface area (Å²) in [5.74, 6) is 0.0196. The number of rotatable bonds is 4. The van der Waals surface area contributed by atoms with Crippen molar-refractivity contribution in [2.75, 3.05) is 14.2 Å². The van der Waals surface area contributed by atoms with Crippen LogP contribution >= 0.6 is 0 Å². The van der Waals surface area contributed by atoms with Gasteiger partial charge in [-0.2, -0.15) is 0 Å². The molecule has 0 fully saturated rings. The van der Waals surface area contributed by atoms with Crippen molar-refractivity contribution in [2.45, 2.75) is 12.3 Å². The van der Waals surface area contributed by atoms with Crippen molar-refractivity contribution in [3.05, 3.63) is 35.8 Å². The zero-order valence-corrected chi connectivity index (χ0v) is 9.64. The van der Waals surface area contributed by atoms with E-state index in [9.17, 15) is 4.39 Å². The van der Waals surface area contributed by atoms with Gasteiger partial charge in [0.1, 0.15) is 11.8 Å². The minimum absolute atomic E-state index is 0.198. The second kappa shape index (κ2) is 4.83. The van der Waals surface area contributed by atoms with Gasteiger partial charge in [-0.1, -0.05) is 12.1 Å². The number of ether oxygens (including phenoxy) is 2. The molecule has 5 heteroatoms. The first-order chi connectivity index (χ1) is 8.17. The number of methoxy groups -OCH3 is 2. The first-order valence-corrected chi connectivity index (χ1v) is 5.16. The lowest BCUT2D eigenvalue weighted by Crippen LogP contribution is -2.29. The van der Waals surface area contributed by atoms with Crippen LogP contribution in [0, 0.1) is 5.82 Å². The molecule has 1 heterocycles. The van der Waals surface area contributed by atoms with E-state index in [-0.39, 0.29) is 5.58 Å². The molecular formula is C12H14FNO3. The van der Waals surface area contributed by atoms with Gasteiger partial charge in [0.2, 0.25) is 0 Å². The Morgan fingerprint density at radius 3 is 2.59 bits per heavy atom. The molecule has 1 unspecified atom stereocenters. The summed E-state index contributed by atoms with van der Waals surface area (Å²) in [4.78, 5) is 0. The molecule has 2 aromatic rings. The lowest BCUT2D eigenvalue weighted by atomic mass is 10.2. The average Bonchev–Trinajstić information content (AvgIpc) is 2.76. The minimum Gasteiger partial charge on any atom is -0.456 e. The lowest BCUT2D eigenvalue weighted by molar-refractivity contribution is -0.120. The molecule has 92 valence electrons. The topological polar surface area (TPSA) is 57.6 Å². The summed E-state index contributed by atoms with van der Waals surface area (Å²) in [5, 5.41) is 0.668. The Morgan fingerprint density at radius 1 is 1.29 bits per heavy atom. The molecule has 0 aliphatic rings. The molecule has 0 saturated carbocycles. The van der Waals surface area contributed by atoms with E-state index in [0.717, 1.165) is 0 Å². The van der Waals surface area contributed by atoms with Gasteiger partial charge in [0.15, 0.2) is 17.7 Å². The highest BCUT2D eigenvalue weighted by Gasteiger charge is 2.22. The number of hydrogen-bond acceptors (Lipinski definition) is 4. The highest BCUT2D eigenvalue weighted by atomic mass is 19.1. The van der Waals surface area contributed by atoms with Crippen molar-refractivity contribution in [2.24, 2.45) is 5.73 Å². The van der Waals surface area contributed by atoms with Crippen LogP contribution in [0.25, 0.3) is 11.0 Å². The van der Waals surface area contributed by atoms with E-state index in [1.807, 2.05) is 0 Å². The van der Waals surface area contributed by atoms with Crippen LogP contribution in [0.1, 0.15) is 11.8 Å². The number of benzene rings is 1. The van der Waals surface area contributed by atoms with Gasteiger partial charge in [0, 0.05) is 19.6 Å². The third kappa shape index (κ3) is 2.17. The van der Waals surface area contributed by atoms with Gasteiger partial charge in [-0.05, 0) is 12.1 Å². The van der Waals surface area contributed by atoms with E-state index in [1.165, 1.54) is 20.3 Å². The molecule has 1 atom stereocenters. The third-order valence-electron chi connectivity index (χ3n) is 2.60. The first kappa shape index (κ1) is 12.0. The van der Waals surface area contributed by atoms with Crippen LogP contribution in [-0.4, -0.2) is 20.5 Å². The van der Waals surface area contributed by atoms with Crippen LogP contribution in [0.5, 0.6) is 0 Å². The number of fused-ring (bicyclic) bond motifs is 1. The third-order valence-corrected chi connectivity index (χ3v) is 2.60. The average molecular weight is 239 g/mol. The van der Waals surface area contributed by atoms with Gasteiger partial charge in [-0.25, -0.2) is 4.39 Å². The van der Waals surface area contributed by atoms with Crippen LogP contribution in [0.3, 0.4) is 0 Å². The Balaban J connectivity index is 2.39. The minimum atomic E-state index is -0.626. The molecule has 1 aromatic carbocycles. The fourth-order valence-electron chi connectivity index (χ4n) is 1.74. The normalized spacial score (nSPS) is 13.5. The van der Waals surface area contributed by atoms with E-state index in [0.29, 0.717) is 11.1 Å². The van der Waals surface area contributed by atoms with Crippen molar-refractivity contribution in [3.8, 4) is 0 Å². The summed E-state index contributed by atoms with van der Waals surface area (Å²) in [5.41, 5.74) is 6.11. The molecule has 2 rings (SSSR count). The molecule has 4 nitrogen and oxygen atoms in total. The Hall–Kier alpha value is -1.43. The Morgan fingerprint density at radius 2 is 2.00 bits per heavy atom. The molecule has 0 saturated heterocycles. The molecular weight excluding hydrogens is 225 g/mol. The zero-order valence-electron chi connectivity index (χ0n) is 9.64. The summed E-state index contributed by atoms with van der Waals surface area (Å²) in [6.07, 6.45) is -0.626. The van der Waals surface area contributed by atoms with E-state index in [4.69, 9.17) is 19.6 Å². The number of hydrogen-bond donors (Lipinski definition) is 1. The van der Waals surface area contributed by atoms with Crippen LogP contribution in [0.15, 0.2) is 28.7 Å². The Labute approximate surface area is 98.1 Å². The maximum atomic E-state index is 13.4. The summed E-state index contributed by atoms with van der Waals surface area (Å²) in [7, 11) is 2.97. The quantitative estimate of drug-likeness (QED) is 0.831. The van der Waals surface area contributed by atoms with Crippen molar-refractivity contribution in [1.82, 2.24) is 0 Å². The highest BCUT2D eigenvalue weighted by Crippen LogP contribution is 2.27. The molecule has 0 bridgehead atoms. The highest BCUT2D eigenvalue weighted by molar-refractivity contribution is 5.78. The summed E-state index contributed by atoms with van der Waals surface area (Å²) < 4.78 is 28.9. The van der Waals surface area contributed by atoms with Crippen LogP contribution < -0.4 is 5.73 Å². The number of halogens is 1.